The fourth-order valence-corrected chi connectivity index (χ4v) is 3.39. The van der Waals surface area contributed by atoms with Gasteiger partial charge in [0.1, 0.15) is 0 Å². The van der Waals surface area contributed by atoms with E-state index in [1.165, 1.54) is 11.3 Å². The van der Waals surface area contributed by atoms with Crippen LogP contribution in [0.15, 0.2) is 42.7 Å². The van der Waals surface area contributed by atoms with Gasteiger partial charge in [-0.25, -0.2) is 0 Å². The third-order valence-electron chi connectivity index (χ3n) is 4.78. The number of nitrogens with zero attached hydrogens (tertiary/aromatic N) is 3. The van der Waals surface area contributed by atoms with Crippen LogP contribution in [-0.2, 0) is 11.2 Å². The van der Waals surface area contributed by atoms with Crippen LogP contribution in [-0.4, -0.2) is 47.7 Å². The van der Waals surface area contributed by atoms with E-state index < -0.39 is 0 Å². The summed E-state index contributed by atoms with van der Waals surface area (Å²) in [6.07, 6.45) is 7.26. The molecule has 1 fully saturated rings. The Kier molecular flexibility index (Phi) is 5.51. The highest BCUT2D eigenvalue weighted by Crippen LogP contribution is 2.24. The zero-order valence-electron chi connectivity index (χ0n) is 14.3. The number of H-pyrrole nitrogens is 1. The molecule has 1 saturated heterocycles. The Hall–Kier alpha value is -2.30. The summed E-state index contributed by atoms with van der Waals surface area (Å²) in [5.74, 6) is 0.810. The van der Waals surface area contributed by atoms with Crippen molar-refractivity contribution in [3.63, 3.8) is 0 Å². The SMILES string of the molecule is CN(C[C@H]1CCN(c2ccccc2)C1)C(=O)CCCc1cn[nH]c1. The molecule has 0 saturated carbocycles. The molecule has 0 aliphatic carbocycles. The number of aromatic nitrogens is 2. The molecule has 2 aromatic rings. The van der Waals surface area contributed by atoms with Crippen molar-refractivity contribution in [1.82, 2.24) is 15.1 Å². The normalized spacial score (nSPS) is 17.2. The van der Waals surface area contributed by atoms with E-state index in [0.717, 1.165) is 38.9 Å². The Labute approximate surface area is 143 Å². The lowest BCUT2D eigenvalue weighted by molar-refractivity contribution is -0.130. The molecule has 2 heterocycles. The van der Waals surface area contributed by atoms with Gasteiger partial charge in [-0.05, 0) is 42.9 Å². The highest BCUT2D eigenvalue weighted by Gasteiger charge is 2.24. The van der Waals surface area contributed by atoms with Crippen LogP contribution in [0.25, 0.3) is 0 Å². The van der Waals surface area contributed by atoms with Crippen LogP contribution in [0.3, 0.4) is 0 Å². The summed E-state index contributed by atoms with van der Waals surface area (Å²) in [4.78, 5) is 16.6. The molecular formula is C19H26N4O. The van der Waals surface area contributed by atoms with E-state index in [0.29, 0.717) is 12.3 Å². The fraction of sp³-hybridized carbons (Fsp3) is 0.474. The molecule has 24 heavy (non-hydrogen) atoms. The van der Waals surface area contributed by atoms with Crippen molar-refractivity contribution in [3.05, 3.63) is 48.3 Å². The summed E-state index contributed by atoms with van der Waals surface area (Å²) in [5.41, 5.74) is 2.45. The number of benzene rings is 1. The predicted molar refractivity (Wildman–Crippen MR) is 95.9 cm³/mol. The maximum Gasteiger partial charge on any atom is 0.222 e. The highest BCUT2D eigenvalue weighted by molar-refractivity contribution is 5.75. The number of para-hydroxylation sites is 1. The minimum absolute atomic E-state index is 0.247. The Bertz CT molecular complexity index is 626. The maximum absolute atomic E-state index is 12.3. The standard InChI is InChI=1S/C19H26N4O/c1-22(19(24)9-5-6-16-12-20-21-13-16)14-17-10-11-23(15-17)18-7-3-2-4-8-18/h2-4,7-8,12-13,17H,5-6,9-11,14-15H2,1H3,(H,20,21)/t17-/m1/s1. The molecule has 0 unspecified atom stereocenters. The van der Waals surface area contributed by atoms with Gasteiger partial charge in [-0.3, -0.25) is 9.89 Å². The van der Waals surface area contributed by atoms with Gasteiger partial charge in [0.15, 0.2) is 0 Å². The second kappa shape index (κ2) is 7.99. The number of hydrogen-bond donors (Lipinski definition) is 1. The number of rotatable bonds is 7. The Balaban J connectivity index is 1.40. The molecule has 1 amide bonds. The van der Waals surface area contributed by atoms with Crippen molar-refractivity contribution in [2.24, 2.45) is 5.92 Å². The molecule has 1 aromatic heterocycles. The number of anilines is 1. The second-order valence-corrected chi connectivity index (χ2v) is 6.67. The fourth-order valence-electron chi connectivity index (χ4n) is 3.39. The minimum Gasteiger partial charge on any atom is -0.371 e. The quantitative estimate of drug-likeness (QED) is 0.851. The van der Waals surface area contributed by atoms with Gasteiger partial charge in [-0.15, -0.1) is 0 Å². The summed E-state index contributed by atoms with van der Waals surface area (Å²) in [5, 5.41) is 6.74. The maximum atomic E-state index is 12.3. The monoisotopic (exact) mass is 326 g/mol. The Morgan fingerprint density at radius 2 is 2.21 bits per heavy atom. The number of carbonyl (C=O) groups excluding carboxylic acids is 1. The smallest absolute Gasteiger partial charge is 0.222 e. The lowest BCUT2D eigenvalue weighted by atomic mass is 10.1. The molecule has 128 valence electrons. The topological polar surface area (TPSA) is 52.2 Å². The highest BCUT2D eigenvalue weighted by atomic mass is 16.2. The first kappa shape index (κ1) is 16.6. The van der Waals surface area contributed by atoms with Crippen LogP contribution in [0.2, 0.25) is 0 Å². The third-order valence-corrected chi connectivity index (χ3v) is 4.78. The van der Waals surface area contributed by atoms with Crippen LogP contribution in [0, 0.1) is 5.92 Å². The molecular weight excluding hydrogens is 300 g/mol. The summed E-state index contributed by atoms with van der Waals surface area (Å²) in [7, 11) is 1.94. The zero-order valence-corrected chi connectivity index (χ0v) is 14.3. The van der Waals surface area contributed by atoms with Crippen LogP contribution in [0.5, 0.6) is 0 Å². The molecule has 1 aromatic carbocycles. The van der Waals surface area contributed by atoms with E-state index in [2.05, 4.69) is 39.4 Å². The third kappa shape index (κ3) is 4.37. The van der Waals surface area contributed by atoms with Crippen molar-refractivity contribution in [2.75, 3.05) is 31.6 Å². The summed E-state index contributed by atoms with van der Waals surface area (Å²) in [6, 6.07) is 10.5. The Morgan fingerprint density at radius 3 is 2.96 bits per heavy atom. The van der Waals surface area contributed by atoms with Crippen LogP contribution in [0.1, 0.15) is 24.8 Å². The number of hydrogen-bond acceptors (Lipinski definition) is 3. The first-order valence-electron chi connectivity index (χ1n) is 8.74. The van der Waals surface area contributed by atoms with Gasteiger partial charge in [0, 0.05) is 45.0 Å². The molecule has 0 bridgehead atoms. The molecule has 3 rings (SSSR count). The lowest BCUT2D eigenvalue weighted by Gasteiger charge is -2.22. The van der Waals surface area contributed by atoms with Crippen molar-refractivity contribution in [2.45, 2.75) is 25.7 Å². The number of carbonyl (C=O) groups is 1. The molecule has 0 radical (unpaired) electrons. The lowest BCUT2D eigenvalue weighted by Crippen LogP contribution is -2.33. The molecule has 1 N–H and O–H groups in total. The van der Waals surface area contributed by atoms with Crippen molar-refractivity contribution in [1.29, 1.82) is 0 Å². The number of amides is 1. The molecule has 5 heteroatoms. The zero-order chi connectivity index (χ0) is 16.8. The number of aromatic amines is 1. The van der Waals surface area contributed by atoms with Gasteiger partial charge in [-0.1, -0.05) is 18.2 Å². The van der Waals surface area contributed by atoms with Crippen molar-refractivity contribution < 1.29 is 4.79 Å². The molecule has 1 atom stereocenters. The van der Waals surface area contributed by atoms with E-state index in [1.54, 1.807) is 0 Å². The molecule has 5 nitrogen and oxygen atoms in total. The number of nitrogens with one attached hydrogen (secondary N) is 1. The van der Waals surface area contributed by atoms with E-state index >= 15 is 0 Å². The average molecular weight is 326 g/mol. The summed E-state index contributed by atoms with van der Waals surface area (Å²) < 4.78 is 0. The molecule has 1 aliphatic rings. The van der Waals surface area contributed by atoms with Gasteiger partial charge < -0.3 is 9.80 Å². The van der Waals surface area contributed by atoms with E-state index in [9.17, 15) is 4.79 Å². The van der Waals surface area contributed by atoms with Crippen LogP contribution < -0.4 is 4.90 Å². The number of aryl methyl sites for hydroxylation is 1. The largest absolute Gasteiger partial charge is 0.371 e. The van der Waals surface area contributed by atoms with Crippen molar-refractivity contribution in [3.8, 4) is 0 Å². The summed E-state index contributed by atoms with van der Waals surface area (Å²) >= 11 is 0. The van der Waals surface area contributed by atoms with Gasteiger partial charge in [0.25, 0.3) is 0 Å². The van der Waals surface area contributed by atoms with Gasteiger partial charge in [-0.2, -0.15) is 5.10 Å². The summed E-state index contributed by atoms with van der Waals surface area (Å²) in [6.45, 7) is 2.97. The molecule has 0 spiro atoms. The van der Waals surface area contributed by atoms with Gasteiger partial charge >= 0.3 is 0 Å². The van der Waals surface area contributed by atoms with Crippen LogP contribution in [0.4, 0.5) is 5.69 Å². The second-order valence-electron chi connectivity index (χ2n) is 6.67. The Morgan fingerprint density at radius 1 is 1.38 bits per heavy atom. The van der Waals surface area contributed by atoms with E-state index in [-0.39, 0.29) is 5.91 Å². The van der Waals surface area contributed by atoms with E-state index in [1.807, 2.05) is 30.4 Å². The minimum atomic E-state index is 0.247. The first-order valence-corrected chi connectivity index (χ1v) is 8.74. The van der Waals surface area contributed by atoms with Crippen molar-refractivity contribution >= 4 is 11.6 Å². The molecule has 1 aliphatic heterocycles. The van der Waals surface area contributed by atoms with Gasteiger partial charge in [0.2, 0.25) is 5.91 Å². The average Bonchev–Trinajstić information content (AvgIpc) is 3.27. The first-order chi connectivity index (χ1) is 11.7. The van der Waals surface area contributed by atoms with Crippen LogP contribution >= 0.6 is 0 Å². The van der Waals surface area contributed by atoms with Gasteiger partial charge in [0.05, 0.1) is 6.20 Å². The van der Waals surface area contributed by atoms with E-state index in [4.69, 9.17) is 0 Å². The predicted octanol–water partition coefficient (Wildman–Crippen LogP) is 2.72.